The van der Waals surface area contributed by atoms with E-state index in [4.69, 9.17) is 4.99 Å². The summed E-state index contributed by atoms with van der Waals surface area (Å²) in [6.07, 6.45) is 11.4. The van der Waals surface area contributed by atoms with E-state index in [0.717, 1.165) is 37.8 Å². The number of nitrogens with zero attached hydrogens (tertiary/aromatic N) is 2. The first-order valence-corrected chi connectivity index (χ1v) is 11.3. The normalized spacial score (nSPS) is 24.6. The molecule has 0 saturated heterocycles. The number of unbranched alkanes of at least 4 members (excludes halogenated alkanes) is 3. The number of amides is 1. The van der Waals surface area contributed by atoms with Gasteiger partial charge in [0, 0.05) is 19.4 Å². The fourth-order valence-corrected chi connectivity index (χ4v) is 4.02. The van der Waals surface area contributed by atoms with Gasteiger partial charge in [0.2, 0.25) is 0 Å². The van der Waals surface area contributed by atoms with Crippen LogP contribution in [0.4, 0.5) is 0 Å². The first-order chi connectivity index (χ1) is 14.4. The average Bonchev–Trinajstić information content (AvgIpc) is 3.15. The van der Waals surface area contributed by atoms with E-state index in [1.807, 2.05) is 13.0 Å². The summed E-state index contributed by atoms with van der Waals surface area (Å²) in [5.41, 5.74) is 1.21. The van der Waals surface area contributed by atoms with Crippen molar-refractivity contribution in [2.75, 3.05) is 7.05 Å². The van der Waals surface area contributed by atoms with Crippen LogP contribution in [0.3, 0.4) is 0 Å². The van der Waals surface area contributed by atoms with Crippen LogP contribution in [0.25, 0.3) is 0 Å². The Hall–Kier alpha value is -2.46. The molecule has 0 radical (unpaired) electrons. The van der Waals surface area contributed by atoms with Gasteiger partial charge in [-0.2, -0.15) is 0 Å². The van der Waals surface area contributed by atoms with Crippen molar-refractivity contribution in [2.45, 2.75) is 84.7 Å². The van der Waals surface area contributed by atoms with E-state index in [9.17, 15) is 9.90 Å². The van der Waals surface area contributed by atoms with Crippen LogP contribution in [0.2, 0.25) is 0 Å². The molecule has 4 nitrogen and oxygen atoms in total. The molecule has 0 aromatic carbocycles. The van der Waals surface area contributed by atoms with Gasteiger partial charge in [0.15, 0.2) is 0 Å². The highest BCUT2D eigenvalue weighted by Gasteiger charge is 2.40. The fourth-order valence-electron chi connectivity index (χ4n) is 4.02. The molecule has 162 valence electrons. The van der Waals surface area contributed by atoms with Crippen LogP contribution in [-0.2, 0) is 4.79 Å². The quantitative estimate of drug-likeness (QED) is 0.450. The number of likely N-dealkylation sites (N-methyl/N-ethyl adjacent to an activating group) is 1. The molecule has 2 aliphatic heterocycles. The van der Waals surface area contributed by atoms with Crippen molar-refractivity contribution >= 4 is 11.6 Å². The summed E-state index contributed by atoms with van der Waals surface area (Å²) >= 11 is 0. The molecular formula is C26H36N2O2. The highest BCUT2D eigenvalue weighted by molar-refractivity contribution is 6.24. The van der Waals surface area contributed by atoms with Crippen LogP contribution in [0, 0.1) is 35.5 Å². The Labute approximate surface area is 182 Å². The van der Waals surface area contributed by atoms with Crippen LogP contribution in [-0.4, -0.2) is 40.8 Å². The number of aliphatic hydroxyl groups excluding tert-OH is 1. The van der Waals surface area contributed by atoms with Crippen molar-refractivity contribution in [3.63, 3.8) is 0 Å². The lowest BCUT2D eigenvalue weighted by Crippen LogP contribution is -2.30. The summed E-state index contributed by atoms with van der Waals surface area (Å²) in [5, 5.41) is 10.4. The Morgan fingerprint density at radius 2 is 2.07 bits per heavy atom. The van der Waals surface area contributed by atoms with Gasteiger partial charge < -0.3 is 10.0 Å². The lowest BCUT2D eigenvalue weighted by molar-refractivity contribution is -0.125. The summed E-state index contributed by atoms with van der Waals surface area (Å²) in [6.45, 7) is 8.35. The first-order valence-electron chi connectivity index (χ1n) is 11.3. The van der Waals surface area contributed by atoms with Crippen molar-refractivity contribution in [1.29, 1.82) is 0 Å². The van der Waals surface area contributed by atoms with E-state index in [2.05, 4.69) is 50.5 Å². The predicted octanol–water partition coefficient (Wildman–Crippen LogP) is 5.07. The van der Waals surface area contributed by atoms with E-state index >= 15 is 0 Å². The maximum Gasteiger partial charge on any atom is 0.259 e. The van der Waals surface area contributed by atoms with Crippen molar-refractivity contribution < 1.29 is 9.90 Å². The predicted molar refractivity (Wildman–Crippen MR) is 124 cm³/mol. The summed E-state index contributed by atoms with van der Waals surface area (Å²) < 4.78 is 0. The molecule has 0 spiro atoms. The van der Waals surface area contributed by atoms with Gasteiger partial charge in [0.05, 0.1) is 17.8 Å². The van der Waals surface area contributed by atoms with Gasteiger partial charge in [-0.05, 0) is 56.4 Å². The molecular weight excluding hydrogens is 372 g/mol. The van der Waals surface area contributed by atoms with Crippen LogP contribution in [0.15, 0.2) is 28.5 Å². The molecule has 2 aliphatic rings. The standard InChI is InChI=1S/C26H36N2O2/c1-6-7-8-9-10-11-12-13-14-15-16-19(2)17-22-18-20(3)24(27-22)23-25(29)21(4)28(5)26(23)30/h14-15,19-22,29H,6-9,16-18H2,1-5H3/b15-14+. The molecule has 4 atom stereocenters. The van der Waals surface area contributed by atoms with Crippen LogP contribution < -0.4 is 0 Å². The molecule has 1 N–H and O–H groups in total. The van der Waals surface area contributed by atoms with Gasteiger partial charge in [-0.1, -0.05) is 51.5 Å². The third-order valence-electron chi connectivity index (χ3n) is 5.98. The number of carbonyl (C=O) groups is 1. The number of aliphatic hydroxyl groups is 1. The van der Waals surface area contributed by atoms with Crippen LogP contribution in [0.1, 0.15) is 72.6 Å². The first kappa shape index (κ1) is 23.8. The molecule has 4 heteroatoms. The third-order valence-corrected chi connectivity index (χ3v) is 5.98. The number of aliphatic imine (C=N–C) groups is 1. The van der Waals surface area contributed by atoms with Crippen molar-refractivity contribution in [1.82, 2.24) is 4.90 Å². The highest BCUT2D eigenvalue weighted by atomic mass is 16.3. The van der Waals surface area contributed by atoms with Crippen LogP contribution >= 0.6 is 0 Å². The zero-order chi connectivity index (χ0) is 22.1. The molecule has 0 aliphatic carbocycles. The Balaban J connectivity index is 1.84. The summed E-state index contributed by atoms with van der Waals surface area (Å²) in [4.78, 5) is 18.9. The average molecular weight is 409 g/mol. The largest absolute Gasteiger partial charge is 0.509 e. The number of carbonyl (C=O) groups excluding carboxylic acids is 1. The Morgan fingerprint density at radius 1 is 1.30 bits per heavy atom. The Bertz CT molecular complexity index is 829. The summed E-state index contributed by atoms with van der Waals surface area (Å²) in [7, 11) is 1.73. The second-order valence-corrected chi connectivity index (χ2v) is 8.66. The van der Waals surface area contributed by atoms with Gasteiger partial charge in [0.25, 0.3) is 5.91 Å². The van der Waals surface area contributed by atoms with Gasteiger partial charge >= 0.3 is 0 Å². The van der Waals surface area contributed by atoms with Crippen molar-refractivity contribution in [3.8, 4) is 23.7 Å². The van der Waals surface area contributed by atoms with Gasteiger partial charge in [0.1, 0.15) is 11.3 Å². The molecule has 0 aromatic heterocycles. The van der Waals surface area contributed by atoms with E-state index < -0.39 is 0 Å². The summed E-state index contributed by atoms with van der Waals surface area (Å²) in [5.74, 6) is 12.6. The van der Waals surface area contributed by atoms with Crippen molar-refractivity contribution in [3.05, 3.63) is 23.5 Å². The Kier molecular flexibility index (Phi) is 9.25. The third kappa shape index (κ3) is 6.27. The fraction of sp³-hybridized carbons (Fsp3) is 0.615. The maximum atomic E-state index is 12.5. The molecule has 0 bridgehead atoms. The molecule has 1 amide bonds. The van der Waals surface area contributed by atoms with Gasteiger partial charge in [-0.3, -0.25) is 9.79 Å². The summed E-state index contributed by atoms with van der Waals surface area (Å²) in [6, 6.07) is -0.0690. The zero-order valence-corrected chi connectivity index (χ0v) is 19.2. The molecule has 4 unspecified atom stereocenters. The Morgan fingerprint density at radius 3 is 2.73 bits per heavy atom. The van der Waals surface area contributed by atoms with E-state index in [0.29, 0.717) is 11.5 Å². The second kappa shape index (κ2) is 11.7. The topological polar surface area (TPSA) is 52.9 Å². The van der Waals surface area contributed by atoms with Crippen LogP contribution in [0.5, 0.6) is 0 Å². The molecule has 0 fully saturated rings. The lowest BCUT2D eigenvalue weighted by atomic mass is 9.92. The van der Waals surface area contributed by atoms with E-state index in [1.165, 1.54) is 12.8 Å². The highest BCUT2D eigenvalue weighted by Crippen LogP contribution is 2.33. The SMILES string of the molecule is CCCCCC#CC#C/C=C/CC(C)CC1CC(C)C(C2=C(O)C(C)N(C)C2=O)=N1. The number of hydrogen-bond acceptors (Lipinski definition) is 3. The minimum Gasteiger partial charge on any atom is -0.509 e. The zero-order valence-electron chi connectivity index (χ0n) is 19.2. The number of hydrogen-bond donors (Lipinski definition) is 1. The molecule has 0 aromatic rings. The maximum absolute atomic E-state index is 12.5. The number of allylic oxidation sites excluding steroid dienone is 2. The van der Waals surface area contributed by atoms with Gasteiger partial charge in [-0.15, -0.1) is 0 Å². The monoisotopic (exact) mass is 408 g/mol. The second-order valence-electron chi connectivity index (χ2n) is 8.66. The smallest absolute Gasteiger partial charge is 0.259 e. The molecule has 30 heavy (non-hydrogen) atoms. The molecule has 2 rings (SSSR count). The van der Waals surface area contributed by atoms with Crippen molar-refractivity contribution in [2.24, 2.45) is 16.8 Å². The molecule has 0 saturated carbocycles. The minimum atomic E-state index is -0.271. The lowest BCUT2D eigenvalue weighted by Gasteiger charge is -2.15. The van der Waals surface area contributed by atoms with E-state index in [1.54, 1.807) is 11.9 Å². The minimum absolute atomic E-state index is 0.116. The number of rotatable bonds is 8. The molecule has 2 heterocycles. The van der Waals surface area contributed by atoms with Gasteiger partial charge in [-0.25, -0.2) is 0 Å². The van der Waals surface area contributed by atoms with E-state index in [-0.39, 0.29) is 29.7 Å².